The van der Waals surface area contributed by atoms with Crippen LogP contribution in [0.5, 0.6) is 0 Å². The fourth-order valence-electron chi connectivity index (χ4n) is 2.15. The Morgan fingerprint density at radius 3 is 2.28 bits per heavy atom. The average Bonchev–Trinajstić information content (AvgIpc) is 2.56. The van der Waals surface area contributed by atoms with E-state index >= 15 is 0 Å². The Morgan fingerprint density at radius 2 is 1.72 bits per heavy atom. The van der Waals surface area contributed by atoms with E-state index in [0.29, 0.717) is 5.56 Å². The molecule has 1 aliphatic rings. The van der Waals surface area contributed by atoms with Gasteiger partial charge in [-0.05, 0) is 31.3 Å². The Balaban J connectivity index is 2.57. The van der Waals surface area contributed by atoms with Crippen LogP contribution in [0.2, 0.25) is 19.6 Å². The van der Waals surface area contributed by atoms with Crippen molar-refractivity contribution in [3.05, 3.63) is 41.5 Å². The van der Waals surface area contributed by atoms with Gasteiger partial charge in [-0.1, -0.05) is 30.3 Å². The highest BCUT2D eigenvalue weighted by Crippen LogP contribution is 2.49. The van der Waals surface area contributed by atoms with Crippen molar-refractivity contribution in [2.45, 2.75) is 31.4 Å². The maximum absolute atomic E-state index is 13.5. The molecule has 1 nitrogen and oxygen atoms in total. The Labute approximate surface area is 105 Å². The molecule has 0 aromatic heterocycles. The molecule has 1 aromatic carbocycles. The molecule has 0 spiro atoms. The second-order valence-corrected chi connectivity index (χ2v) is 9.80. The SMILES string of the molecule is C[Si](C)(C)OC1(C(F)(F)F)C=Cc2ccccc21. The second kappa shape index (κ2) is 3.96. The lowest BCUT2D eigenvalue weighted by molar-refractivity contribution is -0.236. The number of hydrogen-bond donors (Lipinski definition) is 0. The van der Waals surface area contributed by atoms with Crippen LogP contribution in [0.1, 0.15) is 11.1 Å². The number of fused-ring (bicyclic) bond motifs is 1. The molecule has 0 saturated carbocycles. The first-order valence-corrected chi connectivity index (χ1v) is 9.12. The summed E-state index contributed by atoms with van der Waals surface area (Å²) in [5.41, 5.74) is -1.50. The van der Waals surface area contributed by atoms with Gasteiger partial charge in [-0.3, -0.25) is 0 Å². The molecule has 0 N–H and O–H groups in total. The van der Waals surface area contributed by atoms with Crippen molar-refractivity contribution >= 4 is 14.4 Å². The molecule has 18 heavy (non-hydrogen) atoms. The maximum Gasteiger partial charge on any atom is 0.424 e. The van der Waals surface area contributed by atoms with E-state index in [1.54, 1.807) is 37.8 Å². The third kappa shape index (κ3) is 2.12. The minimum Gasteiger partial charge on any atom is -0.397 e. The lowest BCUT2D eigenvalue weighted by Crippen LogP contribution is -2.48. The monoisotopic (exact) mass is 272 g/mol. The summed E-state index contributed by atoms with van der Waals surface area (Å²) in [4.78, 5) is 0. The van der Waals surface area contributed by atoms with Crippen LogP contribution >= 0.6 is 0 Å². The number of alkyl halides is 3. The zero-order valence-electron chi connectivity index (χ0n) is 10.5. The van der Waals surface area contributed by atoms with Gasteiger partial charge >= 0.3 is 6.18 Å². The van der Waals surface area contributed by atoms with E-state index in [1.165, 1.54) is 12.1 Å². The number of rotatable bonds is 2. The largest absolute Gasteiger partial charge is 0.424 e. The van der Waals surface area contributed by atoms with E-state index in [2.05, 4.69) is 0 Å². The van der Waals surface area contributed by atoms with Crippen LogP contribution in [0.3, 0.4) is 0 Å². The smallest absolute Gasteiger partial charge is 0.397 e. The van der Waals surface area contributed by atoms with Gasteiger partial charge in [0, 0.05) is 5.56 Å². The molecule has 1 atom stereocenters. The first kappa shape index (κ1) is 13.4. The summed E-state index contributed by atoms with van der Waals surface area (Å²) in [7, 11) is -2.34. The van der Waals surface area contributed by atoms with Crippen LogP contribution in [-0.2, 0) is 10.0 Å². The molecule has 0 fully saturated rings. The van der Waals surface area contributed by atoms with Gasteiger partial charge in [0.25, 0.3) is 0 Å². The highest BCUT2D eigenvalue weighted by molar-refractivity contribution is 6.69. The molecular formula is C13H15F3OSi. The highest BCUT2D eigenvalue weighted by Gasteiger charge is 2.59. The number of hydrogen-bond acceptors (Lipinski definition) is 1. The van der Waals surface area contributed by atoms with Crippen molar-refractivity contribution in [1.82, 2.24) is 0 Å². The molecule has 98 valence electrons. The summed E-state index contributed by atoms with van der Waals surface area (Å²) in [6, 6.07) is 6.50. The fourth-order valence-corrected chi connectivity index (χ4v) is 3.41. The van der Waals surface area contributed by atoms with Gasteiger partial charge in [0.05, 0.1) is 0 Å². The Bertz CT molecular complexity index is 488. The van der Waals surface area contributed by atoms with Gasteiger partial charge < -0.3 is 4.43 Å². The van der Waals surface area contributed by atoms with E-state index in [1.807, 2.05) is 0 Å². The topological polar surface area (TPSA) is 9.23 Å². The van der Waals surface area contributed by atoms with Crippen LogP contribution in [-0.4, -0.2) is 14.5 Å². The van der Waals surface area contributed by atoms with Crippen molar-refractivity contribution in [2.75, 3.05) is 0 Å². The van der Waals surface area contributed by atoms with Crippen LogP contribution < -0.4 is 0 Å². The molecule has 0 amide bonds. The van der Waals surface area contributed by atoms with E-state index in [4.69, 9.17) is 4.43 Å². The summed E-state index contributed by atoms with van der Waals surface area (Å²) >= 11 is 0. The maximum atomic E-state index is 13.5. The van der Waals surface area contributed by atoms with Crippen LogP contribution in [0.25, 0.3) is 6.08 Å². The third-order valence-electron chi connectivity index (χ3n) is 2.75. The van der Waals surface area contributed by atoms with E-state index in [9.17, 15) is 13.2 Å². The van der Waals surface area contributed by atoms with Crippen LogP contribution in [0.4, 0.5) is 13.2 Å². The zero-order valence-corrected chi connectivity index (χ0v) is 11.5. The molecule has 1 unspecified atom stereocenters. The summed E-state index contributed by atoms with van der Waals surface area (Å²) < 4.78 is 45.9. The van der Waals surface area contributed by atoms with E-state index in [-0.39, 0.29) is 5.56 Å². The van der Waals surface area contributed by atoms with Crippen LogP contribution in [0, 0.1) is 0 Å². The van der Waals surface area contributed by atoms with Crippen molar-refractivity contribution in [1.29, 1.82) is 0 Å². The predicted octanol–water partition coefficient (Wildman–Crippen LogP) is 4.32. The Morgan fingerprint density at radius 1 is 1.11 bits per heavy atom. The Kier molecular flexibility index (Phi) is 2.94. The summed E-state index contributed by atoms with van der Waals surface area (Å²) in [5.74, 6) is 0. The first-order chi connectivity index (χ1) is 8.16. The average molecular weight is 272 g/mol. The van der Waals surface area contributed by atoms with Gasteiger partial charge in [0.15, 0.2) is 13.9 Å². The fraction of sp³-hybridized carbons (Fsp3) is 0.385. The summed E-state index contributed by atoms with van der Waals surface area (Å²) in [5, 5.41) is 0. The summed E-state index contributed by atoms with van der Waals surface area (Å²) in [6.45, 7) is 5.28. The van der Waals surface area contributed by atoms with Crippen LogP contribution in [0.15, 0.2) is 30.3 Å². The van der Waals surface area contributed by atoms with Gasteiger partial charge in [-0.15, -0.1) is 0 Å². The first-order valence-electron chi connectivity index (χ1n) is 5.71. The highest BCUT2D eigenvalue weighted by atomic mass is 28.4. The van der Waals surface area contributed by atoms with Gasteiger partial charge in [0.2, 0.25) is 0 Å². The van der Waals surface area contributed by atoms with Gasteiger partial charge in [-0.2, -0.15) is 13.2 Å². The lowest BCUT2D eigenvalue weighted by atomic mass is 9.95. The molecule has 5 heteroatoms. The molecule has 0 heterocycles. The normalized spacial score (nSPS) is 23.2. The van der Waals surface area contributed by atoms with Crippen molar-refractivity contribution in [3.8, 4) is 0 Å². The molecule has 2 rings (SSSR count). The predicted molar refractivity (Wildman–Crippen MR) is 67.6 cm³/mol. The quantitative estimate of drug-likeness (QED) is 0.728. The standard InChI is InChI=1S/C13H15F3OSi/c1-18(2,3)17-12(13(14,15)16)9-8-10-6-4-5-7-11(10)12/h4-9H,1-3H3. The van der Waals surface area contributed by atoms with Crippen molar-refractivity contribution in [2.24, 2.45) is 0 Å². The second-order valence-electron chi connectivity index (χ2n) is 5.37. The zero-order chi connectivity index (χ0) is 13.6. The minimum atomic E-state index is -4.45. The van der Waals surface area contributed by atoms with Crippen molar-refractivity contribution in [3.63, 3.8) is 0 Å². The molecule has 0 saturated heterocycles. The summed E-state index contributed by atoms with van der Waals surface area (Å²) in [6.07, 6.45) is -1.82. The molecule has 0 aliphatic heterocycles. The molecular weight excluding hydrogens is 257 g/mol. The minimum absolute atomic E-state index is 0.194. The molecule has 1 aromatic rings. The lowest BCUT2D eigenvalue weighted by Gasteiger charge is -2.37. The molecule has 1 aliphatic carbocycles. The van der Waals surface area contributed by atoms with E-state index in [0.717, 1.165) is 6.08 Å². The third-order valence-corrected chi connectivity index (χ3v) is 3.68. The molecule has 0 radical (unpaired) electrons. The van der Waals surface area contributed by atoms with Gasteiger partial charge in [-0.25, -0.2) is 0 Å². The Hall–Kier alpha value is -1.07. The number of benzene rings is 1. The van der Waals surface area contributed by atoms with E-state index < -0.39 is 20.1 Å². The molecule has 0 bridgehead atoms. The van der Waals surface area contributed by atoms with Gasteiger partial charge in [0.1, 0.15) is 0 Å². The number of halogens is 3. The van der Waals surface area contributed by atoms with Crippen molar-refractivity contribution < 1.29 is 17.6 Å².